The SMILES string of the molecule is CCC(C)n1c[c]nn1. The highest BCUT2D eigenvalue weighted by Crippen LogP contribution is 2.04. The first kappa shape index (κ1) is 6.26. The van der Waals surface area contributed by atoms with Gasteiger partial charge >= 0.3 is 0 Å². The Balaban J connectivity index is 2.65. The van der Waals surface area contributed by atoms with Crippen molar-refractivity contribution < 1.29 is 0 Å². The minimum atomic E-state index is 0.448. The Morgan fingerprint density at radius 1 is 1.78 bits per heavy atom. The van der Waals surface area contributed by atoms with Gasteiger partial charge < -0.3 is 0 Å². The summed E-state index contributed by atoms with van der Waals surface area (Å²) in [5, 5.41) is 7.38. The monoisotopic (exact) mass is 124 g/mol. The van der Waals surface area contributed by atoms with Gasteiger partial charge in [-0.2, -0.15) is 0 Å². The second-order valence-corrected chi connectivity index (χ2v) is 2.08. The number of aromatic nitrogens is 3. The lowest BCUT2D eigenvalue weighted by atomic mass is 10.3. The van der Waals surface area contributed by atoms with E-state index in [2.05, 4.69) is 30.4 Å². The molecule has 1 aromatic rings. The van der Waals surface area contributed by atoms with Crippen LogP contribution in [-0.2, 0) is 0 Å². The standard InChI is InChI=1S/C6H10N3/c1-3-6(2)9-5-4-7-8-9/h5-6H,3H2,1-2H3. The van der Waals surface area contributed by atoms with Crippen LogP contribution in [0.15, 0.2) is 6.20 Å². The molecule has 3 heteroatoms. The second kappa shape index (κ2) is 2.62. The molecule has 1 heterocycles. The lowest BCUT2D eigenvalue weighted by Gasteiger charge is -2.05. The van der Waals surface area contributed by atoms with E-state index in [0.717, 1.165) is 6.42 Å². The number of rotatable bonds is 2. The molecule has 0 spiro atoms. The van der Waals surface area contributed by atoms with Gasteiger partial charge in [0.1, 0.15) is 6.20 Å². The summed E-state index contributed by atoms with van der Waals surface area (Å²) in [6.45, 7) is 4.22. The lowest BCUT2D eigenvalue weighted by Crippen LogP contribution is -2.03. The van der Waals surface area contributed by atoms with Gasteiger partial charge in [-0.05, 0) is 13.3 Å². The van der Waals surface area contributed by atoms with Crippen molar-refractivity contribution in [1.29, 1.82) is 0 Å². The summed E-state index contributed by atoms with van der Waals surface area (Å²) in [7, 11) is 0. The topological polar surface area (TPSA) is 30.7 Å². The molecule has 0 aromatic carbocycles. The van der Waals surface area contributed by atoms with Crippen LogP contribution in [0, 0.1) is 6.20 Å². The number of hydrogen-bond acceptors (Lipinski definition) is 2. The van der Waals surface area contributed by atoms with Crippen LogP contribution in [0.5, 0.6) is 0 Å². The molecule has 0 aliphatic heterocycles. The lowest BCUT2D eigenvalue weighted by molar-refractivity contribution is 0.464. The predicted molar refractivity (Wildman–Crippen MR) is 33.9 cm³/mol. The van der Waals surface area contributed by atoms with E-state index in [1.807, 2.05) is 0 Å². The van der Waals surface area contributed by atoms with Gasteiger partial charge in [-0.25, -0.2) is 4.68 Å². The van der Waals surface area contributed by atoms with Crippen molar-refractivity contribution in [3.05, 3.63) is 12.4 Å². The molecule has 0 saturated heterocycles. The Kier molecular flexibility index (Phi) is 1.82. The van der Waals surface area contributed by atoms with Gasteiger partial charge in [-0.1, -0.05) is 12.1 Å². The van der Waals surface area contributed by atoms with E-state index in [4.69, 9.17) is 0 Å². The summed E-state index contributed by atoms with van der Waals surface area (Å²) >= 11 is 0. The van der Waals surface area contributed by atoms with Crippen molar-refractivity contribution in [3.63, 3.8) is 0 Å². The molecule has 0 aliphatic carbocycles. The maximum atomic E-state index is 3.80. The molecule has 0 aliphatic rings. The molecule has 0 fully saturated rings. The normalized spacial score (nSPS) is 13.6. The van der Waals surface area contributed by atoms with Crippen LogP contribution in [0.25, 0.3) is 0 Å². The maximum Gasteiger partial charge on any atom is 0.134 e. The highest BCUT2D eigenvalue weighted by atomic mass is 15.4. The molecule has 1 aromatic heterocycles. The largest absolute Gasteiger partial charge is 0.249 e. The molecule has 0 bridgehead atoms. The molecular formula is C6H10N3. The molecule has 1 atom stereocenters. The Hall–Kier alpha value is -0.860. The van der Waals surface area contributed by atoms with Crippen LogP contribution in [0.2, 0.25) is 0 Å². The van der Waals surface area contributed by atoms with Gasteiger partial charge in [-0.15, -0.1) is 5.10 Å². The van der Waals surface area contributed by atoms with Crippen LogP contribution in [0.1, 0.15) is 26.3 Å². The zero-order chi connectivity index (χ0) is 6.69. The van der Waals surface area contributed by atoms with E-state index in [0.29, 0.717) is 6.04 Å². The van der Waals surface area contributed by atoms with Crippen LogP contribution in [0.4, 0.5) is 0 Å². The van der Waals surface area contributed by atoms with E-state index in [1.165, 1.54) is 0 Å². The van der Waals surface area contributed by atoms with Crippen molar-refractivity contribution in [2.24, 2.45) is 0 Å². The summed E-state index contributed by atoms with van der Waals surface area (Å²) in [5.41, 5.74) is 0. The zero-order valence-corrected chi connectivity index (χ0v) is 5.70. The smallest absolute Gasteiger partial charge is 0.134 e. The Morgan fingerprint density at radius 3 is 3.00 bits per heavy atom. The van der Waals surface area contributed by atoms with Crippen LogP contribution in [-0.4, -0.2) is 15.0 Å². The minimum Gasteiger partial charge on any atom is -0.249 e. The molecule has 3 nitrogen and oxygen atoms in total. The summed E-state index contributed by atoms with van der Waals surface area (Å²) in [5.74, 6) is 0. The molecule has 0 saturated carbocycles. The van der Waals surface area contributed by atoms with Gasteiger partial charge in [0.15, 0.2) is 0 Å². The summed E-state index contributed by atoms with van der Waals surface area (Å²) in [4.78, 5) is 0. The van der Waals surface area contributed by atoms with E-state index < -0.39 is 0 Å². The Bertz CT molecular complexity index is 157. The summed E-state index contributed by atoms with van der Waals surface area (Å²) in [6, 6.07) is 0.448. The van der Waals surface area contributed by atoms with Crippen LogP contribution < -0.4 is 0 Å². The third-order valence-corrected chi connectivity index (χ3v) is 1.44. The quantitative estimate of drug-likeness (QED) is 0.590. The fraction of sp³-hybridized carbons (Fsp3) is 0.667. The molecule has 0 N–H and O–H groups in total. The highest BCUT2D eigenvalue weighted by Gasteiger charge is 1.99. The average molecular weight is 124 g/mol. The van der Waals surface area contributed by atoms with Crippen molar-refractivity contribution in [2.45, 2.75) is 26.3 Å². The first-order valence-corrected chi connectivity index (χ1v) is 3.12. The van der Waals surface area contributed by atoms with Gasteiger partial charge in [0.25, 0.3) is 0 Å². The maximum absolute atomic E-state index is 3.80. The van der Waals surface area contributed by atoms with Gasteiger partial charge in [0.2, 0.25) is 0 Å². The van der Waals surface area contributed by atoms with Gasteiger partial charge in [0.05, 0.1) is 12.2 Å². The first-order chi connectivity index (χ1) is 4.34. The third-order valence-electron chi connectivity index (χ3n) is 1.44. The van der Waals surface area contributed by atoms with Crippen LogP contribution >= 0.6 is 0 Å². The predicted octanol–water partition coefficient (Wildman–Crippen LogP) is 1.05. The number of hydrogen-bond donors (Lipinski definition) is 0. The summed E-state index contributed by atoms with van der Waals surface area (Å²) < 4.78 is 1.81. The molecule has 9 heavy (non-hydrogen) atoms. The fourth-order valence-corrected chi connectivity index (χ4v) is 0.591. The summed E-state index contributed by atoms with van der Waals surface area (Å²) in [6.07, 6.45) is 5.49. The molecule has 1 unspecified atom stereocenters. The minimum absolute atomic E-state index is 0.448. The Morgan fingerprint density at radius 2 is 2.56 bits per heavy atom. The van der Waals surface area contributed by atoms with E-state index in [1.54, 1.807) is 10.9 Å². The van der Waals surface area contributed by atoms with E-state index in [-0.39, 0.29) is 0 Å². The van der Waals surface area contributed by atoms with Gasteiger partial charge in [-0.3, -0.25) is 0 Å². The second-order valence-electron chi connectivity index (χ2n) is 2.08. The third kappa shape index (κ3) is 1.28. The average Bonchev–Trinajstić information content (AvgIpc) is 2.37. The molecule has 49 valence electrons. The van der Waals surface area contributed by atoms with Crippen molar-refractivity contribution in [2.75, 3.05) is 0 Å². The Labute approximate surface area is 54.7 Å². The molecule has 1 radical (unpaired) electrons. The molecule has 0 amide bonds. The first-order valence-electron chi connectivity index (χ1n) is 3.12. The molecule has 1 rings (SSSR count). The van der Waals surface area contributed by atoms with Crippen molar-refractivity contribution in [3.8, 4) is 0 Å². The zero-order valence-electron chi connectivity index (χ0n) is 5.70. The van der Waals surface area contributed by atoms with Crippen LogP contribution in [0.3, 0.4) is 0 Å². The van der Waals surface area contributed by atoms with E-state index >= 15 is 0 Å². The molecular weight excluding hydrogens is 114 g/mol. The van der Waals surface area contributed by atoms with Crippen molar-refractivity contribution in [1.82, 2.24) is 15.0 Å². The van der Waals surface area contributed by atoms with E-state index in [9.17, 15) is 0 Å². The highest BCUT2D eigenvalue weighted by molar-refractivity contribution is 4.66. The van der Waals surface area contributed by atoms with Gasteiger partial charge in [0, 0.05) is 0 Å². The fourth-order valence-electron chi connectivity index (χ4n) is 0.591. The number of nitrogens with zero attached hydrogens (tertiary/aromatic N) is 3. The van der Waals surface area contributed by atoms with Crippen molar-refractivity contribution >= 4 is 0 Å².